The fourth-order valence-corrected chi connectivity index (χ4v) is 4.22. The second-order valence-electron chi connectivity index (χ2n) is 6.26. The number of benzene rings is 1. The zero-order valence-corrected chi connectivity index (χ0v) is 16.0. The molecule has 1 heterocycles. The minimum absolute atomic E-state index is 0.0506. The topological polar surface area (TPSA) is 92.6 Å². The first-order valence-corrected chi connectivity index (χ1v) is 10.00. The number of hydrogen-bond donors (Lipinski definition) is 1. The van der Waals surface area contributed by atoms with E-state index in [2.05, 4.69) is 5.32 Å². The average molecular weight is 379 g/mol. The van der Waals surface area contributed by atoms with E-state index in [-0.39, 0.29) is 23.4 Å². The zero-order valence-electron chi connectivity index (χ0n) is 15.2. The van der Waals surface area contributed by atoms with Crippen LogP contribution in [0.4, 0.5) is 11.4 Å². The minimum Gasteiger partial charge on any atom is -0.361 e. The SMILES string of the molecule is CCC(=O)c1ccc(N(CCNC(C)=O)C2CCSCC2)c([N+](=O)[O-])c1. The van der Waals surface area contributed by atoms with Crippen LogP contribution < -0.4 is 10.2 Å². The molecule has 1 aromatic carbocycles. The summed E-state index contributed by atoms with van der Waals surface area (Å²) in [5.74, 6) is 1.80. The van der Waals surface area contributed by atoms with Crippen LogP contribution in [-0.4, -0.2) is 47.3 Å². The van der Waals surface area contributed by atoms with Crippen LogP contribution in [0.25, 0.3) is 0 Å². The maximum Gasteiger partial charge on any atom is 0.293 e. The van der Waals surface area contributed by atoms with Crippen LogP contribution in [0.15, 0.2) is 18.2 Å². The van der Waals surface area contributed by atoms with E-state index in [1.165, 1.54) is 13.0 Å². The van der Waals surface area contributed by atoms with Gasteiger partial charge in [0.25, 0.3) is 5.69 Å². The Bertz CT molecular complexity index is 674. The lowest BCUT2D eigenvalue weighted by molar-refractivity contribution is -0.384. The number of Topliss-reactive ketones (excluding diaryl/α,β-unsaturated/α-hetero) is 1. The lowest BCUT2D eigenvalue weighted by Gasteiger charge is -2.35. The third kappa shape index (κ3) is 5.20. The molecule has 0 atom stereocenters. The molecule has 1 aromatic rings. The third-order valence-electron chi connectivity index (χ3n) is 4.48. The average Bonchev–Trinajstić information content (AvgIpc) is 2.64. The molecule has 2 rings (SSSR count). The van der Waals surface area contributed by atoms with E-state index in [0.29, 0.717) is 30.8 Å². The van der Waals surface area contributed by atoms with Gasteiger partial charge >= 0.3 is 0 Å². The molecule has 1 saturated heterocycles. The van der Waals surface area contributed by atoms with Gasteiger partial charge in [0.1, 0.15) is 5.69 Å². The van der Waals surface area contributed by atoms with Crippen LogP contribution in [0.2, 0.25) is 0 Å². The van der Waals surface area contributed by atoms with Gasteiger partial charge in [-0.1, -0.05) is 6.92 Å². The van der Waals surface area contributed by atoms with Gasteiger partial charge < -0.3 is 10.2 Å². The fourth-order valence-electron chi connectivity index (χ4n) is 3.14. The van der Waals surface area contributed by atoms with E-state index in [4.69, 9.17) is 0 Å². The predicted molar refractivity (Wildman–Crippen MR) is 104 cm³/mol. The lowest BCUT2D eigenvalue weighted by Crippen LogP contribution is -2.43. The third-order valence-corrected chi connectivity index (χ3v) is 5.53. The highest BCUT2D eigenvalue weighted by molar-refractivity contribution is 7.99. The molecule has 0 saturated carbocycles. The molecule has 0 unspecified atom stereocenters. The largest absolute Gasteiger partial charge is 0.361 e. The number of ketones is 1. The number of nitrogens with one attached hydrogen (secondary N) is 1. The molecule has 1 amide bonds. The predicted octanol–water partition coefficient (Wildman–Crippen LogP) is 3.03. The standard InChI is InChI=1S/C18H25N3O4S/c1-3-18(23)14-4-5-16(17(12-14)21(24)25)20(9-8-19-13(2)22)15-6-10-26-11-7-15/h4-5,12,15H,3,6-11H2,1-2H3,(H,19,22). The number of anilines is 1. The summed E-state index contributed by atoms with van der Waals surface area (Å²) in [6.45, 7) is 4.11. The van der Waals surface area contributed by atoms with Gasteiger partial charge in [-0.15, -0.1) is 0 Å². The van der Waals surface area contributed by atoms with Crippen molar-refractivity contribution >= 4 is 34.8 Å². The number of rotatable bonds is 8. The summed E-state index contributed by atoms with van der Waals surface area (Å²) in [6.07, 6.45) is 2.19. The van der Waals surface area contributed by atoms with Gasteiger partial charge in [0.05, 0.1) is 4.92 Å². The van der Waals surface area contributed by atoms with Crippen molar-refractivity contribution in [3.63, 3.8) is 0 Å². The van der Waals surface area contributed by atoms with Gasteiger partial charge in [-0.05, 0) is 36.5 Å². The Hall–Kier alpha value is -2.09. The normalized spacial score (nSPS) is 14.7. The number of amides is 1. The quantitative estimate of drug-likeness (QED) is 0.424. The molecule has 0 radical (unpaired) electrons. The number of nitro groups is 1. The summed E-state index contributed by atoms with van der Waals surface area (Å²) in [5, 5.41) is 14.4. The molecule has 1 fully saturated rings. The minimum atomic E-state index is -0.426. The first-order chi connectivity index (χ1) is 12.4. The molecule has 0 aliphatic carbocycles. The molecule has 0 spiro atoms. The van der Waals surface area contributed by atoms with Crippen molar-refractivity contribution in [3.8, 4) is 0 Å². The molecule has 1 N–H and O–H groups in total. The summed E-state index contributed by atoms with van der Waals surface area (Å²) >= 11 is 1.88. The second kappa shape index (κ2) is 9.56. The van der Waals surface area contributed by atoms with Crippen LogP contribution in [0.5, 0.6) is 0 Å². The molecule has 8 heteroatoms. The van der Waals surface area contributed by atoms with Crippen molar-refractivity contribution in [2.45, 2.75) is 39.2 Å². The first kappa shape index (κ1) is 20.2. The maximum atomic E-state index is 11.9. The van der Waals surface area contributed by atoms with Crippen LogP contribution in [0.1, 0.15) is 43.5 Å². The van der Waals surface area contributed by atoms with Gasteiger partial charge in [-0.25, -0.2) is 0 Å². The van der Waals surface area contributed by atoms with Gasteiger partial charge in [0.15, 0.2) is 5.78 Å². The maximum absolute atomic E-state index is 11.9. The monoisotopic (exact) mass is 379 g/mol. The summed E-state index contributed by atoms with van der Waals surface area (Å²) < 4.78 is 0. The summed E-state index contributed by atoms with van der Waals surface area (Å²) in [7, 11) is 0. The number of thioether (sulfide) groups is 1. The summed E-state index contributed by atoms with van der Waals surface area (Å²) in [5.41, 5.74) is 0.833. The number of carbonyl (C=O) groups excluding carboxylic acids is 2. The van der Waals surface area contributed by atoms with Crippen LogP contribution in [0.3, 0.4) is 0 Å². The highest BCUT2D eigenvalue weighted by atomic mass is 32.2. The van der Waals surface area contributed by atoms with Crippen LogP contribution in [-0.2, 0) is 4.79 Å². The highest BCUT2D eigenvalue weighted by Gasteiger charge is 2.28. The fraction of sp³-hybridized carbons (Fsp3) is 0.556. The van der Waals surface area contributed by atoms with Gasteiger partial charge in [-0.3, -0.25) is 19.7 Å². The Kier molecular flexibility index (Phi) is 7.44. The van der Waals surface area contributed by atoms with Crippen LogP contribution in [0, 0.1) is 10.1 Å². The second-order valence-corrected chi connectivity index (χ2v) is 7.48. The van der Waals surface area contributed by atoms with Crippen molar-refractivity contribution in [2.75, 3.05) is 29.5 Å². The Balaban J connectivity index is 2.36. The molecule has 7 nitrogen and oxygen atoms in total. The molecular formula is C18H25N3O4S. The number of nitrogens with zero attached hydrogens (tertiary/aromatic N) is 2. The van der Waals surface area contributed by atoms with Gasteiger partial charge in [-0.2, -0.15) is 11.8 Å². The molecule has 1 aliphatic rings. The zero-order chi connectivity index (χ0) is 19.1. The van der Waals surface area contributed by atoms with Gasteiger partial charge in [0.2, 0.25) is 5.91 Å². The van der Waals surface area contributed by atoms with E-state index >= 15 is 0 Å². The Morgan fingerprint density at radius 2 is 2.04 bits per heavy atom. The van der Waals surface area contributed by atoms with E-state index in [1.807, 2.05) is 16.7 Å². The first-order valence-electron chi connectivity index (χ1n) is 8.84. The molecule has 26 heavy (non-hydrogen) atoms. The van der Waals surface area contributed by atoms with E-state index < -0.39 is 4.92 Å². The van der Waals surface area contributed by atoms with E-state index in [1.54, 1.807) is 19.1 Å². The van der Waals surface area contributed by atoms with Crippen LogP contribution >= 0.6 is 11.8 Å². The van der Waals surface area contributed by atoms with E-state index in [0.717, 1.165) is 24.3 Å². The Labute approximate surface area is 157 Å². The molecule has 0 aromatic heterocycles. The Morgan fingerprint density at radius 1 is 1.35 bits per heavy atom. The number of nitro benzene ring substituents is 1. The smallest absolute Gasteiger partial charge is 0.293 e. The van der Waals surface area contributed by atoms with Crippen molar-refractivity contribution in [3.05, 3.63) is 33.9 Å². The van der Waals surface area contributed by atoms with Crippen molar-refractivity contribution in [1.82, 2.24) is 5.32 Å². The van der Waals surface area contributed by atoms with Crippen molar-refractivity contribution in [1.29, 1.82) is 0 Å². The number of carbonyl (C=O) groups is 2. The molecule has 0 bridgehead atoms. The van der Waals surface area contributed by atoms with Crippen molar-refractivity contribution in [2.24, 2.45) is 0 Å². The number of hydrogen-bond acceptors (Lipinski definition) is 6. The molecule has 142 valence electrons. The van der Waals surface area contributed by atoms with Crippen molar-refractivity contribution < 1.29 is 14.5 Å². The highest BCUT2D eigenvalue weighted by Crippen LogP contribution is 2.34. The van der Waals surface area contributed by atoms with E-state index in [9.17, 15) is 19.7 Å². The summed E-state index contributed by atoms with van der Waals surface area (Å²) in [4.78, 5) is 36.4. The van der Waals surface area contributed by atoms with Gasteiger partial charge in [0, 0.05) is 44.1 Å². The Morgan fingerprint density at radius 3 is 2.62 bits per heavy atom. The molecular weight excluding hydrogens is 354 g/mol. The molecule has 1 aliphatic heterocycles. The summed E-state index contributed by atoms with van der Waals surface area (Å²) in [6, 6.07) is 4.91. The lowest BCUT2D eigenvalue weighted by atomic mass is 10.0.